The molecule has 1 heterocycles. The van der Waals surface area contributed by atoms with Crippen LogP contribution in [0.25, 0.3) is 0 Å². The molecule has 0 spiro atoms. The van der Waals surface area contributed by atoms with Crippen LogP contribution in [0, 0.1) is 13.8 Å². The largest absolute Gasteiger partial charge is 0.504 e. The van der Waals surface area contributed by atoms with Gasteiger partial charge in [0.15, 0.2) is 23.4 Å². The Hall–Kier alpha value is -2.80. The maximum Gasteiger partial charge on any atom is 0.257 e. The van der Waals surface area contributed by atoms with Gasteiger partial charge < -0.3 is 25.1 Å². The first kappa shape index (κ1) is 20.5. The summed E-state index contributed by atoms with van der Waals surface area (Å²) in [4.78, 5) is 24.7. The number of aliphatic hydroxyl groups excluding tert-OH is 1. The van der Waals surface area contributed by atoms with Gasteiger partial charge in [-0.05, 0) is 57.9 Å². The molecule has 0 aliphatic heterocycles. The molecule has 7 nitrogen and oxygen atoms in total. The van der Waals surface area contributed by atoms with Crippen molar-refractivity contribution in [3.63, 3.8) is 0 Å². The smallest absolute Gasteiger partial charge is 0.257 e. The number of benzene rings is 1. The van der Waals surface area contributed by atoms with Crippen molar-refractivity contribution in [3.8, 4) is 11.5 Å². The van der Waals surface area contributed by atoms with Crippen LogP contribution < -0.4 is 5.32 Å². The minimum absolute atomic E-state index is 0.0117. The Kier molecular flexibility index (Phi) is 5.65. The molecule has 27 heavy (non-hydrogen) atoms. The predicted octanol–water partition coefficient (Wildman–Crippen LogP) is 2.68. The lowest BCUT2D eigenvalue weighted by molar-refractivity contribution is -0.132. The molecule has 2 rings (SSSR count). The van der Waals surface area contributed by atoms with Crippen molar-refractivity contribution in [2.45, 2.75) is 52.7 Å². The lowest BCUT2D eigenvalue weighted by Crippen LogP contribution is -2.43. The lowest BCUT2D eigenvalue weighted by atomic mass is 10.0. The zero-order valence-electron chi connectivity index (χ0n) is 16.1. The fourth-order valence-electron chi connectivity index (χ4n) is 2.70. The van der Waals surface area contributed by atoms with Gasteiger partial charge >= 0.3 is 0 Å². The summed E-state index contributed by atoms with van der Waals surface area (Å²) in [6.07, 6.45) is -1.55. The molecule has 0 aliphatic carbocycles. The van der Waals surface area contributed by atoms with Crippen LogP contribution in [0.5, 0.6) is 11.5 Å². The van der Waals surface area contributed by atoms with Crippen molar-refractivity contribution < 1.29 is 29.3 Å². The Morgan fingerprint density at radius 2 is 1.78 bits per heavy atom. The number of aryl methyl sites for hydroxylation is 2. The summed E-state index contributed by atoms with van der Waals surface area (Å²) in [6, 6.07) is 4.29. The van der Waals surface area contributed by atoms with E-state index in [1.165, 1.54) is 12.1 Å². The van der Waals surface area contributed by atoms with Crippen LogP contribution in [-0.2, 0) is 11.2 Å². The Morgan fingerprint density at radius 1 is 1.15 bits per heavy atom. The highest BCUT2D eigenvalue weighted by molar-refractivity contribution is 5.99. The average molecular weight is 375 g/mol. The second-order valence-corrected chi connectivity index (χ2v) is 7.64. The van der Waals surface area contributed by atoms with E-state index in [0.717, 1.165) is 0 Å². The van der Waals surface area contributed by atoms with Crippen molar-refractivity contribution in [1.29, 1.82) is 0 Å². The van der Waals surface area contributed by atoms with Gasteiger partial charge in [0, 0.05) is 12.0 Å². The molecule has 0 saturated carbocycles. The second kappa shape index (κ2) is 7.44. The van der Waals surface area contributed by atoms with Gasteiger partial charge in [-0.2, -0.15) is 0 Å². The second-order valence-electron chi connectivity index (χ2n) is 7.64. The van der Waals surface area contributed by atoms with Gasteiger partial charge in [0.1, 0.15) is 11.5 Å². The third-order valence-electron chi connectivity index (χ3n) is 3.96. The molecule has 4 N–H and O–H groups in total. The van der Waals surface area contributed by atoms with Crippen molar-refractivity contribution >= 4 is 11.7 Å². The third kappa shape index (κ3) is 4.89. The minimum atomic E-state index is -1.52. The first-order valence-electron chi connectivity index (χ1n) is 8.54. The van der Waals surface area contributed by atoms with E-state index in [1.807, 2.05) is 0 Å². The highest BCUT2D eigenvalue weighted by atomic mass is 16.4. The molecule has 146 valence electrons. The van der Waals surface area contributed by atoms with E-state index in [0.29, 0.717) is 11.1 Å². The van der Waals surface area contributed by atoms with Crippen LogP contribution in [-0.4, -0.2) is 32.5 Å². The first-order valence-corrected chi connectivity index (χ1v) is 8.54. The summed E-state index contributed by atoms with van der Waals surface area (Å²) in [6.45, 7) is 8.55. The van der Waals surface area contributed by atoms with Gasteiger partial charge in [0.05, 0.1) is 5.56 Å². The van der Waals surface area contributed by atoms with E-state index >= 15 is 0 Å². The summed E-state index contributed by atoms with van der Waals surface area (Å²) in [5, 5.41) is 32.1. The summed E-state index contributed by atoms with van der Waals surface area (Å²) in [7, 11) is 0. The number of Topliss-reactive ketones (excluding diaryl/α,β-unsaturated/α-hetero) is 1. The van der Waals surface area contributed by atoms with E-state index < -0.39 is 17.6 Å². The Balaban J connectivity index is 2.20. The fourth-order valence-corrected chi connectivity index (χ4v) is 2.70. The molecule has 7 heteroatoms. The molecular weight excluding hydrogens is 350 g/mol. The summed E-state index contributed by atoms with van der Waals surface area (Å²) < 4.78 is 5.42. The first-order chi connectivity index (χ1) is 12.4. The van der Waals surface area contributed by atoms with Crippen LogP contribution >= 0.6 is 0 Å². The van der Waals surface area contributed by atoms with E-state index in [2.05, 4.69) is 5.32 Å². The van der Waals surface area contributed by atoms with Crippen molar-refractivity contribution in [3.05, 3.63) is 46.4 Å². The average Bonchev–Trinajstić information content (AvgIpc) is 2.92. The molecule has 0 unspecified atom stereocenters. The minimum Gasteiger partial charge on any atom is -0.504 e. The standard InChI is InChI=1S/C20H25NO6/c1-10-6-12(8-15(23)17(10)24)7-14(22)13-9-16(27-11(13)2)18(25)19(26)21-20(3,4)5/h6,8-9,18,23-25H,7H2,1-5H3,(H,21,26)/t18-/m1/s1. The lowest BCUT2D eigenvalue weighted by Gasteiger charge is -2.21. The molecule has 0 aliphatic rings. The highest BCUT2D eigenvalue weighted by Crippen LogP contribution is 2.30. The summed E-state index contributed by atoms with van der Waals surface area (Å²) >= 11 is 0. The molecule has 0 saturated heterocycles. The fraction of sp³-hybridized carbons (Fsp3) is 0.400. The number of carbonyl (C=O) groups is 2. The molecule has 0 bridgehead atoms. The number of hydrogen-bond acceptors (Lipinski definition) is 6. The number of hydrogen-bond donors (Lipinski definition) is 4. The maximum atomic E-state index is 12.6. The number of aromatic hydroxyl groups is 2. The van der Waals surface area contributed by atoms with Gasteiger partial charge in [-0.1, -0.05) is 6.07 Å². The number of aliphatic hydroxyl groups is 1. The number of amides is 1. The Morgan fingerprint density at radius 3 is 2.33 bits per heavy atom. The van der Waals surface area contributed by atoms with Crippen LogP contribution in [0.15, 0.2) is 22.6 Å². The van der Waals surface area contributed by atoms with E-state index in [4.69, 9.17) is 4.42 Å². The summed E-state index contributed by atoms with van der Waals surface area (Å²) in [5.74, 6) is -1.15. The predicted molar refractivity (Wildman–Crippen MR) is 98.8 cm³/mol. The van der Waals surface area contributed by atoms with Crippen LogP contribution in [0.4, 0.5) is 0 Å². The monoisotopic (exact) mass is 375 g/mol. The molecular formula is C20H25NO6. The van der Waals surface area contributed by atoms with Gasteiger partial charge in [-0.25, -0.2) is 0 Å². The molecule has 1 atom stereocenters. The molecule has 0 radical (unpaired) electrons. The van der Waals surface area contributed by atoms with Crippen molar-refractivity contribution in [1.82, 2.24) is 5.32 Å². The quantitative estimate of drug-likeness (QED) is 0.471. The van der Waals surface area contributed by atoms with E-state index in [-0.39, 0.29) is 40.8 Å². The van der Waals surface area contributed by atoms with Gasteiger partial charge in [0.25, 0.3) is 5.91 Å². The van der Waals surface area contributed by atoms with Gasteiger partial charge in [-0.15, -0.1) is 0 Å². The Bertz CT molecular complexity index is 852. The SMILES string of the molecule is Cc1cc(CC(=O)c2cc([C@@H](O)C(=O)NC(C)(C)C)oc2C)cc(O)c1O. The zero-order valence-corrected chi connectivity index (χ0v) is 16.1. The van der Waals surface area contributed by atoms with Crippen LogP contribution in [0.1, 0.15) is 59.9 Å². The number of furan rings is 1. The number of ketones is 1. The normalized spacial score (nSPS) is 12.7. The highest BCUT2D eigenvalue weighted by Gasteiger charge is 2.27. The topological polar surface area (TPSA) is 120 Å². The van der Waals surface area contributed by atoms with Gasteiger partial charge in [-0.3, -0.25) is 9.59 Å². The Labute approximate surface area is 157 Å². The summed E-state index contributed by atoms with van der Waals surface area (Å²) in [5.41, 5.74) is 0.715. The number of nitrogens with one attached hydrogen (secondary N) is 1. The van der Waals surface area contributed by atoms with Gasteiger partial charge in [0.2, 0.25) is 0 Å². The van der Waals surface area contributed by atoms with Crippen molar-refractivity contribution in [2.75, 3.05) is 0 Å². The number of carbonyl (C=O) groups excluding carboxylic acids is 2. The molecule has 1 aromatic heterocycles. The van der Waals surface area contributed by atoms with Crippen molar-refractivity contribution in [2.24, 2.45) is 0 Å². The zero-order chi connectivity index (χ0) is 20.5. The number of rotatable bonds is 5. The maximum absolute atomic E-state index is 12.6. The van der Waals surface area contributed by atoms with Crippen LogP contribution in [0.3, 0.4) is 0 Å². The van der Waals surface area contributed by atoms with Crippen LogP contribution in [0.2, 0.25) is 0 Å². The molecule has 1 aromatic carbocycles. The molecule has 1 amide bonds. The number of phenolic OH excluding ortho intramolecular Hbond substituents is 2. The third-order valence-corrected chi connectivity index (χ3v) is 3.96. The van der Waals surface area contributed by atoms with E-state index in [1.54, 1.807) is 40.7 Å². The molecule has 0 fully saturated rings. The van der Waals surface area contributed by atoms with E-state index in [9.17, 15) is 24.9 Å². The molecule has 2 aromatic rings. The number of phenols is 2.